The number of amides is 1. The van der Waals surface area contributed by atoms with Crippen LogP contribution in [-0.2, 0) is 9.53 Å². The van der Waals surface area contributed by atoms with E-state index in [4.69, 9.17) is 4.74 Å². The predicted octanol–water partition coefficient (Wildman–Crippen LogP) is 0.869. The number of hydrogen-bond acceptors (Lipinski definition) is 3. The van der Waals surface area contributed by atoms with Gasteiger partial charge in [-0.15, -0.1) is 0 Å². The van der Waals surface area contributed by atoms with Gasteiger partial charge in [0, 0.05) is 26.7 Å². The van der Waals surface area contributed by atoms with Crippen molar-refractivity contribution in [1.82, 2.24) is 10.2 Å². The van der Waals surface area contributed by atoms with Gasteiger partial charge in [-0.3, -0.25) is 4.79 Å². The fraction of sp³-hybridized carbons (Fsp3) is 0.917. The minimum Gasteiger partial charge on any atom is -0.363 e. The van der Waals surface area contributed by atoms with Gasteiger partial charge in [0.25, 0.3) is 0 Å². The molecule has 1 saturated heterocycles. The van der Waals surface area contributed by atoms with Crippen molar-refractivity contribution in [2.45, 2.75) is 32.8 Å². The molecule has 94 valence electrons. The molecule has 0 spiro atoms. The van der Waals surface area contributed by atoms with Gasteiger partial charge in [0.05, 0.1) is 5.60 Å². The Morgan fingerprint density at radius 2 is 2.12 bits per heavy atom. The molecular weight excluding hydrogens is 204 g/mol. The van der Waals surface area contributed by atoms with Gasteiger partial charge in [-0.25, -0.2) is 0 Å². The minimum absolute atomic E-state index is 0.0776. The van der Waals surface area contributed by atoms with Crippen LogP contribution < -0.4 is 5.32 Å². The average molecular weight is 228 g/mol. The Labute approximate surface area is 98.3 Å². The Morgan fingerprint density at radius 1 is 1.50 bits per heavy atom. The monoisotopic (exact) mass is 228 g/mol. The average Bonchev–Trinajstić information content (AvgIpc) is 2.19. The summed E-state index contributed by atoms with van der Waals surface area (Å²) in [4.78, 5) is 13.5. The summed E-state index contributed by atoms with van der Waals surface area (Å²) in [6, 6.07) is 0. The fourth-order valence-electron chi connectivity index (χ4n) is 1.50. The molecule has 4 heteroatoms. The van der Waals surface area contributed by atoms with Gasteiger partial charge in [-0.1, -0.05) is 13.8 Å². The van der Waals surface area contributed by atoms with Crippen molar-refractivity contribution in [3.63, 3.8) is 0 Å². The highest BCUT2D eigenvalue weighted by atomic mass is 16.5. The van der Waals surface area contributed by atoms with E-state index in [1.807, 2.05) is 14.0 Å². The number of likely N-dealkylation sites (N-methyl/N-ethyl adjacent to an activating group) is 1. The number of rotatable bonds is 6. The van der Waals surface area contributed by atoms with Crippen LogP contribution in [0.15, 0.2) is 0 Å². The molecule has 1 N–H and O–H groups in total. The van der Waals surface area contributed by atoms with Crippen molar-refractivity contribution in [3.05, 3.63) is 0 Å². The normalized spacial score (nSPS) is 18.3. The lowest BCUT2D eigenvalue weighted by Gasteiger charge is -2.39. The van der Waals surface area contributed by atoms with E-state index < -0.39 is 0 Å². The molecule has 1 aliphatic rings. The predicted molar refractivity (Wildman–Crippen MR) is 64.3 cm³/mol. The molecule has 1 aliphatic heterocycles. The summed E-state index contributed by atoms with van der Waals surface area (Å²) in [5.41, 5.74) is -0.130. The molecule has 0 bridgehead atoms. The number of hydrogen-bond donors (Lipinski definition) is 1. The maximum absolute atomic E-state index is 11.7. The van der Waals surface area contributed by atoms with Crippen LogP contribution in [0.25, 0.3) is 0 Å². The largest absolute Gasteiger partial charge is 0.363 e. The molecule has 16 heavy (non-hydrogen) atoms. The van der Waals surface area contributed by atoms with Crippen molar-refractivity contribution < 1.29 is 9.53 Å². The first-order chi connectivity index (χ1) is 7.43. The Balaban J connectivity index is 2.18. The van der Waals surface area contributed by atoms with Crippen LogP contribution in [0, 0.1) is 5.92 Å². The number of carbonyl (C=O) groups excluding carboxylic acids is 1. The van der Waals surface area contributed by atoms with Gasteiger partial charge in [0.15, 0.2) is 0 Å². The third-order valence-corrected chi connectivity index (χ3v) is 3.01. The fourth-order valence-corrected chi connectivity index (χ4v) is 1.50. The van der Waals surface area contributed by atoms with Gasteiger partial charge in [0.1, 0.15) is 6.61 Å². The van der Waals surface area contributed by atoms with Crippen molar-refractivity contribution in [2.24, 2.45) is 5.92 Å². The third-order valence-electron chi connectivity index (χ3n) is 3.01. The topological polar surface area (TPSA) is 41.6 Å². The Hall–Kier alpha value is -0.610. The molecule has 0 radical (unpaired) electrons. The van der Waals surface area contributed by atoms with E-state index in [-0.39, 0.29) is 18.1 Å². The van der Waals surface area contributed by atoms with Crippen molar-refractivity contribution in [2.75, 3.05) is 33.3 Å². The SMILES string of the molecule is CC(C)CCN(C)C(=O)COC1(C)CNC1. The van der Waals surface area contributed by atoms with Crippen LogP contribution in [0.5, 0.6) is 0 Å². The molecule has 0 unspecified atom stereocenters. The van der Waals surface area contributed by atoms with E-state index in [2.05, 4.69) is 19.2 Å². The van der Waals surface area contributed by atoms with E-state index >= 15 is 0 Å². The standard InChI is InChI=1S/C12H24N2O2/c1-10(2)5-6-14(4)11(15)7-16-12(3)8-13-9-12/h10,13H,5-9H2,1-4H3. The Morgan fingerprint density at radius 3 is 2.56 bits per heavy atom. The zero-order chi connectivity index (χ0) is 12.2. The van der Waals surface area contributed by atoms with E-state index in [0.717, 1.165) is 26.1 Å². The van der Waals surface area contributed by atoms with Crippen LogP contribution in [0.3, 0.4) is 0 Å². The van der Waals surface area contributed by atoms with E-state index in [0.29, 0.717) is 5.92 Å². The lowest BCUT2D eigenvalue weighted by molar-refractivity contribution is -0.144. The molecule has 4 nitrogen and oxygen atoms in total. The van der Waals surface area contributed by atoms with E-state index in [9.17, 15) is 4.79 Å². The summed E-state index contributed by atoms with van der Waals surface area (Å²) >= 11 is 0. The molecule has 1 rings (SSSR count). The summed E-state index contributed by atoms with van der Waals surface area (Å²) in [7, 11) is 1.84. The number of ether oxygens (including phenoxy) is 1. The van der Waals surface area contributed by atoms with Gasteiger partial charge in [-0.05, 0) is 19.3 Å². The maximum atomic E-state index is 11.7. The van der Waals surface area contributed by atoms with Crippen molar-refractivity contribution >= 4 is 5.91 Å². The molecule has 1 amide bonds. The minimum atomic E-state index is -0.130. The second-order valence-corrected chi connectivity index (χ2v) is 5.34. The zero-order valence-corrected chi connectivity index (χ0v) is 10.9. The second kappa shape index (κ2) is 5.64. The smallest absolute Gasteiger partial charge is 0.248 e. The molecule has 0 aromatic carbocycles. The molecule has 1 heterocycles. The quantitative estimate of drug-likeness (QED) is 0.733. The van der Waals surface area contributed by atoms with Crippen LogP contribution >= 0.6 is 0 Å². The summed E-state index contributed by atoms with van der Waals surface area (Å²) < 4.78 is 5.60. The summed E-state index contributed by atoms with van der Waals surface area (Å²) in [6.45, 7) is 9.06. The lowest BCUT2D eigenvalue weighted by Crippen LogP contribution is -2.59. The lowest BCUT2D eigenvalue weighted by atomic mass is 10.0. The number of nitrogens with zero attached hydrogens (tertiary/aromatic N) is 1. The highest BCUT2D eigenvalue weighted by Crippen LogP contribution is 2.15. The highest BCUT2D eigenvalue weighted by Gasteiger charge is 2.33. The van der Waals surface area contributed by atoms with Crippen LogP contribution in [-0.4, -0.2) is 49.7 Å². The number of carbonyl (C=O) groups is 1. The van der Waals surface area contributed by atoms with Crippen molar-refractivity contribution in [1.29, 1.82) is 0 Å². The van der Waals surface area contributed by atoms with Gasteiger partial charge in [0.2, 0.25) is 5.91 Å². The summed E-state index contributed by atoms with van der Waals surface area (Å²) in [5.74, 6) is 0.707. The van der Waals surface area contributed by atoms with Gasteiger partial charge in [-0.2, -0.15) is 0 Å². The first-order valence-electron chi connectivity index (χ1n) is 6.01. The third kappa shape index (κ3) is 4.10. The highest BCUT2D eigenvalue weighted by molar-refractivity contribution is 5.77. The van der Waals surface area contributed by atoms with Crippen molar-refractivity contribution in [3.8, 4) is 0 Å². The van der Waals surface area contributed by atoms with Crippen LogP contribution in [0.2, 0.25) is 0 Å². The first kappa shape index (κ1) is 13.5. The molecule has 0 aromatic rings. The van der Waals surface area contributed by atoms with Gasteiger partial charge >= 0.3 is 0 Å². The molecular formula is C12H24N2O2. The first-order valence-corrected chi connectivity index (χ1v) is 6.01. The summed E-state index contributed by atoms with van der Waals surface area (Å²) in [5, 5.41) is 3.14. The zero-order valence-electron chi connectivity index (χ0n) is 10.9. The van der Waals surface area contributed by atoms with E-state index in [1.54, 1.807) is 4.90 Å². The van der Waals surface area contributed by atoms with Gasteiger partial charge < -0.3 is 15.0 Å². The molecule has 0 atom stereocenters. The molecule has 0 aliphatic carbocycles. The Kier molecular flexibility index (Phi) is 4.74. The molecule has 0 aromatic heterocycles. The Bertz CT molecular complexity index is 237. The second-order valence-electron chi connectivity index (χ2n) is 5.34. The number of nitrogens with one attached hydrogen (secondary N) is 1. The molecule has 0 saturated carbocycles. The molecule has 1 fully saturated rings. The maximum Gasteiger partial charge on any atom is 0.248 e. The van der Waals surface area contributed by atoms with Crippen LogP contribution in [0.1, 0.15) is 27.2 Å². The summed E-state index contributed by atoms with van der Waals surface area (Å²) in [6.07, 6.45) is 1.04. The van der Waals surface area contributed by atoms with E-state index in [1.165, 1.54) is 0 Å². The van der Waals surface area contributed by atoms with Crippen LogP contribution in [0.4, 0.5) is 0 Å².